The van der Waals surface area contributed by atoms with Crippen molar-refractivity contribution in [1.82, 2.24) is 10.3 Å². The summed E-state index contributed by atoms with van der Waals surface area (Å²) in [7, 11) is 3.98. The molecule has 0 fully saturated rings. The monoisotopic (exact) mass is 277 g/mol. The summed E-state index contributed by atoms with van der Waals surface area (Å²) in [5.41, 5.74) is 2.65. The van der Waals surface area contributed by atoms with Crippen molar-refractivity contribution in [3.05, 3.63) is 52.8 Å². The van der Waals surface area contributed by atoms with E-state index in [0.717, 1.165) is 11.3 Å². The van der Waals surface area contributed by atoms with Crippen molar-refractivity contribution >= 4 is 23.2 Å². The summed E-state index contributed by atoms with van der Waals surface area (Å²) in [5.74, 6) is -0.163. The van der Waals surface area contributed by atoms with Crippen LogP contribution in [0.15, 0.2) is 36.5 Å². The third-order valence-electron chi connectivity index (χ3n) is 2.80. The second-order valence-electron chi connectivity index (χ2n) is 4.48. The van der Waals surface area contributed by atoms with Crippen LogP contribution in [0.3, 0.4) is 0 Å². The van der Waals surface area contributed by atoms with Gasteiger partial charge < -0.3 is 15.2 Å². The summed E-state index contributed by atoms with van der Waals surface area (Å²) < 4.78 is 0. The topological polar surface area (TPSA) is 48.1 Å². The molecular formula is C14H16ClN3O. The van der Waals surface area contributed by atoms with Gasteiger partial charge in [-0.1, -0.05) is 23.7 Å². The Balaban J connectivity index is 1.93. The lowest BCUT2D eigenvalue weighted by atomic mass is 10.2. The van der Waals surface area contributed by atoms with E-state index in [-0.39, 0.29) is 5.91 Å². The van der Waals surface area contributed by atoms with E-state index in [4.69, 9.17) is 11.6 Å². The normalized spacial score (nSPS) is 10.3. The van der Waals surface area contributed by atoms with Crippen molar-refractivity contribution in [2.45, 2.75) is 6.54 Å². The van der Waals surface area contributed by atoms with Gasteiger partial charge in [-0.2, -0.15) is 0 Å². The molecule has 0 saturated heterocycles. The molecule has 4 nitrogen and oxygen atoms in total. The molecule has 5 heteroatoms. The smallest absolute Gasteiger partial charge is 0.268 e. The van der Waals surface area contributed by atoms with Crippen molar-refractivity contribution in [3.8, 4) is 0 Å². The Hall–Kier alpha value is -1.94. The molecule has 100 valence electrons. The quantitative estimate of drug-likeness (QED) is 0.903. The number of hydrogen-bond donors (Lipinski definition) is 2. The zero-order valence-electron chi connectivity index (χ0n) is 10.9. The van der Waals surface area contributed by atoms with Crippen molar-refractivity contribution < 1.29 is 4.79 Å². The minimum atomic E-state index is -0.163. The van der Waals surface area contributed by atoms with Crippen LogP contribution >= 0.6 is 11.6 Å². The zero-order valence-corrected chi connectivity index (χ0v) is 11.7. The van der Waals surface area contributed by atoms with Crippen LogP contribution in [0, 0.1) is 0 Å². The Morgan fingerprint density at radius 2 is 2.00 bits per heavy atom. The van der Waals surface area contributed by atoms with Gasteiger partial charge in [0.25, 0.3) is 5.91 Å². The average molecular weight is 278 g/mol. The summed E-state index contributed by atoms with van der Waals surface area (Å²) in [6.45, 7) is 0.489. The van der Waals surface area contributed by atoms with Gasteiger partial charge in [-0.25, -0.2) is 0 Å². The minimum absolute atomic E-state index is 0.163. The molecule has 2 N–H and O–H groups in total. The maximum Gasteiger partial charge on any atom is 0.268 e. The number of rotatable bonds is 4. The number of hydrogen-bond acceptors (Lipinski definition) is 2. The standard InChI is InChI=1S/C14H16ClN3O/c1-18(2)12-5-3-10(4-6-12)8-17-14(19)13-7-11(15)9-16-13/h3-7,9,16H,8H2,1-2H3,(H,17,19). The van der Waals surface area contributed by atoms with Gasteiger partial charge in [-0.3, -0.25) is 4.79 Å². The van der Waals surface area contributed by atoms with Gasteiger partial charge in [0, 0.05) is 32.5 Å². The fourth-order valence-electron chi connectivity index (χ4n) is 1.69. The summed E-state index contributed by atoms with van der Waals surface area (Å²) in [6.07, 6.45) is 1.59. The van der Waals surface area contributed by atoms with Crippen molar-refractivity contribution in [1.29, 1.82) is 0 Å². The lowest BCUT2D eigenvalue weighted by molar-refractivity contribution is 0.0946. The summed E-state index contributed by atoms with van der Waals surface area (Å²) in [5, 5.41) is 3.36. The second-order valence-corrected chi connectivity index (χ2v) is 4.91. The van der Waals surface area contributed by atoms with E-state index in [1.807, 2.05) is 43.3 Å². The SMILES string of the molecule is CN(C)c1ccc(CNC(=O)c2cc(Cl)c[nH]2)cc1. The molecule has 0 radical (unpaired) electrons. The predicted molar refractivity (Wildman–Crippen MR) is 77.7 cm³/mol. The fraction of sp³-hybridized carbons (Fsp3) is 0.214. The number of nitrogens with zero attached hydrogens (tertiary/aromatic N) is 1. The van der Waals surface area contributed by atoms with Crippen molar-refractivity contribution in [2.24, 2.45) is 0 Å². The van der Waals surface area contributed by atoms with Gasteiger partial charge in [0.1, 0.15) is 5.69 Å². The van der Waals surface area contributed by atoms with Crippen LogP contribution < -0.4 is 10.2 Å². The molecule has 1 amide bonds. The first-order valence-corrected chi connectivity index (χ1v) is 6.32. The van der Waals surface area contributed by atoms with E-state index in [0.29, 0.717) is 17.3 Å². The minimum Gasteiger partial charge on any atom is -0.378 e. The Morgan fingerprint density at radius 3 is 2.53 bits per heavy atom. The third-order valence-corrected chi connectivity index (χ3v) is 3.02. The van der Waals surface area contributed by atoms with Gasteiger partial charge in [0.2, 0.25) is 0 Å². The molecule has 0 unspecified atom stereocenters. The molecule has 19 heavy (non-hydrogen) atoms. The number of benzene rings is 1. The molecule has 1 heterocycles. The van der Waals surface area contributed by atoms with Crippen LogP contribution in [0.1, 0.15) is 16.1 Å². The average Bonchev–Trinajstić information content (AvgIpc) is 2.83. The fourth-order valence-corrected chi connectivity index (χ4v) is 1.85. The number of H-pyrrole nitrogens is 1. The lowest BCUT2D eigenvalue weighted by Crippen LogP contribution is -2.23. The highest BCUT2D eigenvalue weighted by Gasteiger charge is 2.07. The second kappa shape index (κ2) is 5.80. The molecular weight excluding hydrogens is 262 g/mol. The Labute approximate surface area is 117 Å². The van der Waals surface area contributed by atoms with E-state index in [1.165, 1.54) is 0 Å². The van der Waals surface area contributed by atoms with Crippen LogP contribution in [-0.4, -0.2) is 25.0 Å². The Morgan fingerprint density at radius 1 is 1.32 bits per heavy atom. The molecule has 0 aliphatic rings. The van der Waals surface area contributed by atoms with Gasteiger partial charge in [0.15, 0.2) is 0 Å². The van der Waals surface area contributed by atoms with Gasteiger partial charge >= 0.3 is 0 Å². The number of halogens is 1. The lowest BCUT2D eigenvalue weighted by Gasteiger charge is -2.12. The summed E-state index contributed by atoms with van der Waals surface area (Å²) >= 11 is 5.75. The predicted octanol–water partition coefficient (Wildman–Crippen LogP) is 2.66. The first-order chi connectivity index (χ1) is 9.06. The highest BCUT2D eigenvalue weighted by Crippen LogP contribution is 2.12. The molecule has 2 aromatic rings. The molecule has 2 rings (SSSR count). The van der Waals surface area contributed by atoms with E-state index in [1.54, 1.807) is 12.3 Å². The number of amides is 1. The molecule has 0 atom stereocenters. The van der Waals surface area contributed by atoms with Gasteiger partial charge in [-0.05, 0) is 23.8 Å². The van der Waals surface area contributed by atoms with E-state index < -0.39 is 0 Å². The summed E-state index contributed by atoms with van der Waals surface area (Å²) in [4.78, 5) is 16.6. The number of carbonyl (C=O) groups is 1. The molecule has 0 aliphatic heterocycles. The van der Waals surface area contributed by atoms with Gasteiger partial charge in [-0.15, -0.1) is 0 Å². The number of nitrogens with one attached hydrogen (secondary N) is 2. The van der Waals surface area contributed by atoms with Crippen LogP contribution in [0.25, 0.3) is 0 Å². The Bertz CT molecular complexity index is 560. The Kier molecular flexibility index (Phi) is 4.12. The zero-order chi connectivity index (χ0) is 13.8. The number of carbonyl (C=O) groups excluding carboxylic acids is 1. The van der Waals surface area contributed by atoms with E-state index in [9.17, 15) is 4.79 Å². The summed E-state index contributed by atoms with van der Waals surface area (Å²) in [6, 6.07) is 9.64. The number of anilines is 1. The maximum absolute atomic E-state index is 11.8. The first kappa shape index (κ1) is 13.5. The van der Waals surface area contributed by atoms with Gasteiger partial charge in [0.05, 0.1) is 5.02 Å². The molecule has 1 aromatic heterocycles. The number of aromatic amines is 1. The highest BCUT2D eigenvalue weighted by molar-refractivity contribution is 6.30. The number of aromatic nitrogens is 1. The third kappa shape index (κ3) is 3.51. The highest BCUT2D eigenvalue weighted by atomic mass is 35.5. The van der Waals surface area contributed by atoms with Crippen LogP contribution in [0.5, 0.6) is 0 Å². The first-order valence-electron chi connectivity index (χ1n) is 5.94. The molecule has 0 bridgehead atoms. The molecule has 0 saturated carbocycles. The van der Waals surface area contributed by atoms with E-state index in [2.05, 4.69) is 10.3 Å². The van der Waals surface area contributed by atoms with E-state index >= 15 is 0 Å². The van der Waals surface area contributed by atoms with Crippen molar-refractivity contribution in [2.75, 3.05) is 19.0 Å². The van der Waals surface area contributed by atoms with Crippen LogP contribution in [0.2, 0.25) is 5.02 Å². The largest absolute Gasteiger partial charge is 0.378 e. The van der Waals surface area contributed by atoms with Crippen molar-refractivity contribution in [3.63, 3.8) is 0 Å². The molecule has 0 aliphatic carbocycles. The molecule has 0 spiro atoms. The van der Waals surface area contributed by atoms with Crippen LogP contribution in [-0.2, 0) is 6.54 Å². The maximum atomic E-state index is 11.8. The van der Waals surface area contributed by atoms with Crippen LogP contribution in [0.4, 0.5) is 5.69 Å². The molecule has 1 aromatic carbocycles.